The Kier molecular flexibility index (Phi) is 7.34. The number of benzene rings is 1. The van der Waals surface area contributed by atoms with Crippen molar-refractivity contribution in [2.45, 2.75) is 57.5 Å². The molecule has 1 aromatic rings. The van der Waals surface area contributed by atoms with Crippen LogP contribution in [0.5, 0.6) is 0 Å². The lowest BCUT2D eigenvalue weighted by Gasteiger charge is -2.36. The Labute approximate surface area is 150 Å². The molecule has 0 fully saturated rings. The molecule has 3 N–H and O–H groups in total. The van der Waals surface area contributed by atoms with Crippen molar-refractivity contribution in [1.29, 1.82) is 0 Å². The average Bonchev–Trinajstić information content (AvgIpc) is 2.52. The molecule has 140 valence electrons. The minimum atomic E-state index is -1.98. The number of nitrogens with one attached hydrogen (secondary N) is 1. The van der Waals surface area contributed by atoms with Gasteiger partial charge >= 0.3 is 5.97 Å². The van der Waals surface area contributed by atoms with Gasteiger partial charge < -0.3 is 20.0 Å². The number of carbonyl (C=O) groups is 2. The van der Waals surface area contributed by atoms with Gasteiger partial charge in [0.1, 0.15) is 6.04 Å². The molecule has 0 bridgehead atoms. The molecule has 0 saturated carbocycles. The number of aliphatic hydroxyl groups excluding tert-OH is 1. The van der Waals surface area contributed by atoms with Gasteiger partial charge in [-0.1, -0.05) is 51.1 Å². The van der Waals surface area contributed by atoms with Crippen molar-refractivity contribution >= 4 is 20.2 Å². The van der Waals surface area contributed by atoms with Crippen LogP contribution < -0.4 is 5.32 Å². The first-order chi connectivity index (χ1) is 11.5. The molecule has 7 heteroatoms. The van der Waals surface area contributed by atoms with E-state index in [1.54, 1.807) is 30.3 Å². The Balaban J connectivity index is 2.63. The van der Waals surface area contributed by atoms with Crippen molar-refractivity contribution in [3.63, 3.8) is 0 Å². The summed E-state index contributed by atoms with van der Waals surface area (Å²) < 4.78 is 5.96. The van der Waals surface area contributed by atoms with E-state index in [9.17, 15) is 19.8 Å². The van der Waals surface area contributed by atoms with Crippen molar-refractivity contribution in [3.8, 4) is 0 Å². The Bertz CT molecular complexity index is 583. The van der Waals surface area contributed by atoms with Crippen LogP contribution in [-0.2, 0) is 14.0 Å². The van der Waals surface area contributed by atoms with E-state index in [1.807, 2.05) is 0 Å². The SMILES string of the molecule is CC(C)(C)[Si](C)(C)OCC[C@H](NC(=O)[C@@H](O)c1ccccc1)C(=O)O. The molecule has 0 aliphatic heterocycles. The lowest BCUT2D eigenvalue weighted by molar-refractivity contribution is -0.143. The fraction of sp³-hybridized carbons (Fsp3) is 0.556. The van der Waals surface area contributed by atoms with Crippen LogP contribution in [0.3, 0.4) is 0 Å². The summed E-state index contributed by atoms with van der Waals surface area (Å²) >= 11 is 0. The van der Waals surface area contributed by atoms with Crippen molar-refractivity contribution in [2.24, 2.45) is 0 Å². The maximum atomic E-state index is 12.1. The summed E-state index contributed by atoms with van der Waals surface area (Å²) in [5, 5.41) is 21.8. The van der Waals surface area contributed by atoms with Crippen LogP contribution in [0.4, 0.5) is 0 Å². The summed E-state index contributed by atoms with van der Waals surface area (Å²) in [6.07, 6.45) is -1.25. The maximum absolute atomic E-state index is 12.1. The Hall–Kier alpha value is -1.70. The third-order valence-corrected chi connectivity index (χ3v) is 9.19. The molecule has 0 saturated heterocycles. The zero-order valence-corrected chi connectivity index (χ0v) is 16.6. The second kappa shape index (κ2) is 8.60. The summed E-state index contributed by atoms with van der Waals surface area (Å²) in [6.45, 7) is 10.7. The van der Waals surface area contributed by atoms with Crippen molar-refractivity contribution in [3.05, 3.63) is 35.9 Å². The smallest absolute Gasteiger partial charge is 0.326 e. The van der Waals surface area contributed by atoms with Gasteiger partial charge in [-0.25, -0.2) is 4.79 Å². The summed E-state index contributed by atoms with van der Waals surface area (Å²) in [5.41, 5.74) is 0.418. The van der Waals surface area contributed by atoms with E-state index in [1.165, 1.54) is 0 Å². The largest absolute Gasteiger partial charge is 0.480 e. The standard InChI is InChI=1S/C18H29NO5Si/c1-18(2,3)25(4,5)24-12-11-14(17(22)23)19-16(21)15(20)13-9-7-6-8-10-13/h6-10,14-15,20H,11-12H2,1-5H3,(H,19,21)(H,22,23)/t14-,15-/m0/s1. The number of aliphatic hydroxyl groups is 1. The number of hydrogen-bond donors (Lipinski definition) is 3. The first-order valence-corrected chi connectivity index (χ1v) is 11.3. The third kappa shape index (κ3) is 6.26. The zero-order valence-electron chi connectivity index (χ0n) is 15.6. The van der Waals surface area contributed by atoms with E-state index in [-0.39, 0.29) is 18.1 Å². The van der Waals surface area contributed by atoms with Gasteiger partial charge in [0.15, 0.2) is 14.4 Å². The molecule has 0 unspecified atom stereocenters. The van der Waals surface area contributed by atoms with Gasteiger partial charge in [0.05, 0.1) is 0 Å². The number of carboxylic acids is 1. The van der Waals surface area contributed by atoms with E-state index < -0.39 is 32.3 Å². The van der Waals surface area contributed by atoms with Crippen molar-refractivity contribution in [1.82, 2.24) is 5.32 Å². The van der Waals surface area contributed by atoms with E-state index in [2.05, 4.69) is 39.2 Å². The zero-order chi connectivity index (χ0) is 19.3. The van der Waals surface area contributed by atoms with Gasteiger partial charge in [-0.3, -0.25) is 4.79 Å². The Morgan fingerprint density at radius 1 is 1.20 bits per heavy atom. The number of carbonyl (C=O) groups excluding carboxylic acids is 1. The fourth-order valence-electron chi connectivity index (χ4n) is 1.94. The molecule has 0 heterocycles. The van der Waals surface area contributed by atoms with Gasteiger partial charge in [-0.05, 0) is 23.7 Å². The minimum Gasteiger partial charge on any atom is -0.480 e. The summed E-state index contributed by atoms with van der Waals surface area (Å²) in [6, 6.07) is 7.30. The molecule has 0 aliphatic carbocycles. The lowest BCUT2D eigenvalue weighted by Crippen LogP contribution is -2.45. The van der Waals surface area contributed by atoms with Gasteiger partial charge in [0.2, 0.25) is 0 Å². The van der Waals surface area contributed by atoms with E-state index >= 15 is 0 Å². The topological polar surface area (TPSA) is 95.9 Å². The highest BCUT2D eigenvalue weighted by Crippen LogP contribution is 2.36. The highest BCUT2D eigenvalue weighted by Gasteiger charge is 2.37. The highest BCUT2D eigenvalue weighted by molar-refractivity contribution is 6.74. The predicted octanol–water partition coefficient (Wildman–Crippen LogP) is 2.70. The minimum absolute atomic E-state index is 0.0263. The second-order valence-corrected chi connectivity index (χ2v) is 12.4. The molecule has 25 heavy (non-hydrogen) atoms. The summed E-state index contributed by atoms with van der Waals surface area (Å²) in [5.74, 6) is -1.88. The predicted molar refractivity (Wildman–Crippen MR) is 98.7 cm³/mol. The number of rotatable bonds is 8. The van der Waals surface area contributed by atoms with Crippen LogP contribution >= 0.6 is 0 Å². The van der Waals surface area contributed by atoms with Gasteiger partial charge in [0.25, 0.3) is 5.91 Å². The van der Waals surface area contributed by atoms with Gasteiger partial charge in [-0.15, -0.1) is 0 Å². The molecule has 1 aromatic carbocycles. The molecule has 0 radical (unpaired) electrons. The first-order valence-electron chi connectivity index (χ1n) is 8.36. The first kappa shape index (κ1) is 21.3. The third-order valence-electron chi connectivity index (χ3n) is 4.65. The quantitative estimate of drug-likeness (QED) is 0.614. The molecule has 1 amide bonds. The summed E-state index contributed by atoms with van der Waals surface area (Å²) in [7, 11) is -1.98. The molecular weight excluding hydrogens is 338 g/mol. The van der Waals surface area contributed by atoms with Crippen LogP contribution in [-0.4, -0.2) is 43.1 Å². The van der Waals surface area contributed by atoms with Crippen LogP contribution in [0.2, 0.25) is 18.1 Å². The molecule has 0 spiro atoms. The number of aliphatic carboxylic acids is 1. The molecule has 1 rings (SSSR count). The van der Waals surface area contributed by atoms with Crippen LogP contribution in [0.25, 0.3) is 0 Å². The number of carboxylic acid groups (broad SMARTS) is 1. The fourth-order valence-corrected chi connectivity index (χ4v) is 3.00. The second-order valence-electron chi connectivity index (χ2n) is 7.61. The molecular formula is C18H29NO5Si. The van der Waals surface area contributed by atoms with E-state index in [4.69, 9.17) is 4.43 Å². The molecule has 0 aliphatic rings. The Morgan fingerprint density at radius 3 is 2.24 bits per heavy atom. The highest BCUT2D eigenvalue weighted by atomic mass is 28.4. The van der Waals surface area contributed by atoms with Crippen molar-refractivity contribution in [2.75, 3.05) is 6.61 Å². The van der Waals surface area contributed by atoms with E-state index in [0.29, 0.717) is 5.56 Å². The van der Waals surface area contributed by atoms with Crippen LogP contribution in [0, 0.1) is 0 Å². The van der Waals surface area contributed by atoms with Crippen LogP contribution in [0.15, 0.2) is 30.3 Å². The monoisotopic (exact) mass is 367 g/mol. The van der Waals surface area contributed by atoms with Gasteiger partial charge in [0, 0.05) is 13.0 Å². The van der Waals surface area contributed by atoms with Crippen molar-refractivity contribution < 1.29 is 24.2 Å². The normalized spacial score (nSPS) is 14.6. The molecule has 2 atom stereocenters. The Morgan fingerprint density at radius 2 is 1.76 bits per heavy atom. The number of hydrogen-bond acceptors (Lipinski definition) is 4. The summed E-state index contributed by atoms with van der Waals surface area (Å²) in [4.78, 5) is 23.5. The molecule has 6 nitrogen and oxygen atoms in total. The number of amides is 1. The average molecular weight is 368 g/mol. The van der Waals surface area contributed by atoms with Crippen LogP contribution in [0.1, 0.15) is 38.9 Å². The molecule has 0 aromatic heterocycles. The maximum Gasteiger partial charge on any atom is 0.326 e. The van der Waals surface area contributed by atoms with E-state index in [0.717, 1.165) is 0 Å². The van der Waals surface area contributed by atoms with Gasteiger partial charge in [-0.2, -0.15) is 0 Å². The lowest BCUT2D eigenvalue weighted by atomic mass is 10.1.